The first-order valence-corrected chi connectivity index (χ1v) is 10.2. The maximum absolute atomic E-state index is 8.89. The molecule has 1 unspecified atom stereocenters. The molecule has 0 aliphatic heterocycles. The van der Waals surface area contributed by atoms with Gasteiger partial charge in [0.05, 0.1) is 14.9 Å². The molecule has 0 saturated heterocycles. The largest absolute Gasteiger partial charge is 0.550 e. The van der Waals surface area contributed by atoms with E-state index in [-0.39, 0.29) is 8.73 Å². The molecular formula is C17H38NO2P. The first-order chi connectivity index (χ1) is 9.97. The number of carboxylic acid groups (broad SMARTS) is 1. The normalized spacial score (nSPS) is 11.5. The molecule has 128 valence electrons. The number of carboxylic acids is 1. The van der Waals surface area contributed by atoms with Crippen molar-refractivity contribution in [1.29, 1.82) is 0 Å². The molecule has 0 bridgehead atoms. The summed E-state index contributed by atoms with van der Waals surface area (Å²) in [6.45, 7) is 7.93. The summed E-state index contributed by atoms with van der Waals surface area (Å²) in [5.41, 5.74) is 6.45. The molecule has 0 spiro atoms. The third-order valence-electron chi connectivity index (χ3n) is 4.02. The third kappa shape index (κ3) is 16.1. The third-order valence-corrected chi connectivity index (χ3v) is 4.65. The molecule has 0 aromatic carbocycles. The minimum Gasteiger partial charge on any atom is -0.550 e. The van der Waals surface area contributed by atoms with Gasteiger partial charge in [-0.2, -0.15) is 0 Å². The Morgan fingerprint density at radius 3 is 1.52 bits per heavy atom. The van der Waals surface area contributed by atoms with Crippen LogP contribution in [0.2, 0.25) is 0 Å². The number of aliphatic carboxylic acids is 1. The second-order valence-corrected chi connectivity index (χ2v) is 7.13. The van der Waals surface area contributed by atoms with Crippen LogP contribution in [0.3, 0.4) is 0 Å². The molecule has 0 heterocycles. The second-order valence-electron chi connectivity index (χ2n) is 6.08. The highest BCUT2D eigenvalue weighted by Gasteiger charge is 2.28. The van der Waals surface area contributed by atoms with E-state index < -0.39 is 5.97 Å². The number of hydrogen-bond donors (Lipinski definition) is 1. The number of unbranched alkanes of at least 4 members (excludes halogenated alkanes) is 3. The van der Waals surface area contributed by atoms with E-state index in [1.54, 1.807) is 0 Å². The van der Waals surface area contributed by atoms with Crippen LogP contribution in [-0.4, -0.2) is 12.1 Å². The van der Waals surface area contributed by atoms with Gasteiger partial charge in [0, 0.05) is 5.97 Å². The highest BCUT2D eigenvalue weighted by Crippen LogP contribution is 2.40. The van der Waals surface area contributed by atoms with Gasteiger partial charge < -0.3 is 9.90 Å². The van der Waals surface area contributed by atoms with Crippen LogP contribution in [-0.2, 0) is 4.79 Å². The molecule has 0 saturated carbocycles. The van der Waals surface area contributed by atoms with Crippen molar-refractivity contribution in [2.75, 3.05) is 6.16 Å². The van der Waals surface area contributed by atoms with Gasteiger partial charge >= 0.3 is 0 Å². The predicted octanol–water partition coefficient (Wildman–Crippen LogP) is 3.97. The number of nitrogens with two attached hydrogens (primary N) is 1. The smallest absolute Gasteiger partial charge is 0.0707 e. The Labute approximate surface area is 134 Å². The monoisotopic (exact) mass is 319 g/mol. The first kappa shape index (κ1) is 23.1. The van der Waals surface area contributed by atoms with E-state index in [2.05, 4.69) is 20.8 Å². The Kier molecular flexibility index (Phi) is 17.9. The van der Waals surface area contributed by atoms with Crippen LogP contribution >= 0.6 is 8.73 Å². The summed E-state index contributed by atoms with van der Waals surface area (Å²) in [6, 6.07) is 0. The quantitative estimate of drug-likeness (QED) is 0.553. The zero-order chi connectivity index (χ0) is 16.6. The number of hydrogen-bond acceptors (Lipinski definition) is 3. The fraction of sp³-hybridized carbons (Fsp3) is 0.941. The summed E-state index contributed by atoms with van der Waals surface area (Å²) in [4.78, 5) is 8.89. The maximum atomic E-state index is 8.89. The standard InChI is InChI=1S/C15H34NP.C2H4O2/c1-4-7-10-15(11-8-5-2,12-9-6-3)13-14-17-16;1-2(3)4/h17H,4-14,16H2,1-3H3;1H3,(H,3,4). The molecule has 0 aromatic rings. The van der Waals surface area contributed by atoms with Gasteiger partial charge in [-0.05, 0) is 38.0 Å². The molecule has 0 rings (SSSR count). The van der Waals surface area contributed by atoms with Crippen molar-refractivity contribution < 1.29 is 9.90 Å². The summed E-state index contributed by atoms with van der Waals surface area (Å²) >= 11 is 0. The average Bonchev–Trinajstić information content (AvgIpc) is 2.45. The van der Waals surface area contributed by atoms with Gasteiger partial charge in [0.15, 0.2) is 0 Å². The highest BCUT2D eigenvalue weighted by atomic mass is 31.1. The van der Waals surface area contributed by atoms with Crippen LogP contribution < -0.4 is 10.6 Å². The molecule has 0 aromatic heterocycles. The lowest BCUT2D eigenvalue weighted by molar-refractivity contribution is -0.302. The molecule has 21 heavy (non-hydrogen) atoms. The van der Waals surface area contributed by atoms with E-state index in [4.69, 9.17) is 15.4 Å². The van der Waals surface area contributed by atoms with Crippen LogP contribution in [0.4, 0.5) is 0 Å². The zero-order valence-electron chi connectivity index (χ0n) is 14.7. The van der Waals surface area contributed by atoms with E-state index in [9.17, 15) is 0 Å². The number of rotatable bonds is 12. The van der Waals surface area contributed by atoms with Crippen LogP contribution in [0.25, 0.3) is 0 Å². The van der Waals surface area contributed by atoms with Gasteiger partial charge in [-0.3, -0.25) is 0 Å². The number of carbonyl (C=O) groups is 1. The minimum absolute atomic E-state index is 0.206. The van der Waals surface area contributed by atoms with E-state index in [0.717, 1.165) is 6.92 Å². The van der Waals surface area contributed by atoms with Crippen LogP contribution in [0.1, 0.15) is 91.9 Å². The Bertz CT molecular complexity index is 193. The number of carbonyl (C=O) groups excluding carboxylic acids is 1. The fourth-order valence-electron chi connectivity index (χ4n) is 2.79. The molecule has 1 atom stereocenters. The van der Waals surface area contributed by atoms with E-state index >= 15 is 0 Å². The van der Waals surface area contributed by atoms with Gasteiger partial charge in [-0.1, -0.05) is 59.3 Å². The Hall–Kier alpha value is -0.140. The van der Waals surface area contributed by atoms with E-state index in [1.807, 2.05) is 0 Å². The van der Waals surface area contributed by atoms with Crippen molar-refractivity contribution in [3.05, 3.63) is 0 Å². The Morgan fingerprint density at radius 2 is 1.29 bits per heavy atom. The minimum atomic E-state index is -1.08. The summed E-state index contributed by atoms with van der Waals surface area (Å²) in [7, 11) is 0.206. The topological polar surface area (TPSA) is 66.1 Å². The van der Waals surface area contributed by atoms with Crippen LogP contribution in [0.15, 0.2) is 0 Å². The van der Waals surface area contributed by atoms with Crippen LogP contribution in [0, 0.1) is 5.41 Å². The molecule has 2 N–H and O–H groups in total. The van der Waals surface area contributed by atoms with Gasteiger partial charge in [0.2, 0.25) is 0 Å². The Balaban J connectivity index is 0. The van der Waals surface area contributed by atoms with Crippen molar-refractivity contribution in [3.63, 3.8) is 0 Å². The molecule has 0 aliphatic carbocycles. The van der Waals surface area contributed by atoms with Crippen LogP contribution in [0.5, 0.6) is 0 Å². The van der Waals surface area contributed by atoms with Gasteiger partial charge in [-0.15, -0.1) is 0 Å². The molecule has 0 amide bonds. The lowest BCUT2D eigenvalue weighted by Crippen LogP contribution is -2.22. The summed E-state index contributed by atoms with van der Waals surface area (Å²) in [5, 5.41) is 8.89. The van der Waals surface area contributed by atoms with E-state index in [1.165, 1.54) is 70.4 Å². The molecule has 0 aliphatic rings. The lowest BCUT2D eigenvalue weighted by atomic mass is 9.72. The van der Waals surface area contributed by atoms with Gasteiger partial charge in [-0.25, -0.2) is 5.50 Å². The van der Waals surface area contributed by atoms with Crippen molar-refractivity contribution >= 4 is 14.7 Å². The van der Waals surface area contributed by atoms with Crippen molar-refractivity contribution in [3.8, 4) is 0 Å². The lowest BCUT2D eigenvalue weighted by Gasteiger charge is -2.33. The highest BCUT2D eigenvalue weighted by molar-refractivity contribution is 7.35. The van der Waals surface area contributed by atoms with Crippen molar-refractivity contribution in [2.24, 2.45) is 10.9 Å². The van der Waals surface area contributed by atoms with Gasteiger partial charge in [0.25, 0.3) is 0 Å². The summed E-state index contributed by atoms with van der Waals surface area (Å²) < 4.78 is 0. The van der Waals surface area contributed by atoms with Crippen molar-refractivity contribution in [2.45, 2.75) is 91.9 Å². The predicted molar refractivity (Wildman–Crippen MR) is 95.1 cm³/mol. The summed E-state index contributed by atoms with van der Waals surface area (Å²) in [6.07, 6.45) is 15.3. The summed E-state index contributed by atoms with van der Waals surface area (Å²) in [5.74, 6) is -1.08. The molecule has 3 nitrogen and oxygen atoms in total. The van der Waals surface area contributed by atoms with E-state index in [0.29, 0.717) is 5.41 Å². The first-order valence-electron chi connectivity index (χ1n) is 8.69. The molecule has 4 heteroatoms. The van der Waals surface area contributed by atoms with Gasteiger partial charge in [0.1, 0.15) is 0 Å². The second kappa shape index (κ2) is 16.2. The fourth-order valence-corrected chi connectivity index (χ4v) is 3.57. The molecule has 0 fully saturated rings. The Morgan fingerprint density at radius 1 is 0.952 bits per heavy atom. The maximum Gasteiger partial charge on any atom is 0.0707 e. The molecule has 0 radical (unpaired) electrons. The zero-order valence-corrected chi connectivity index (χ0v) is 15.9. The SMILES string of the molecule is CC(=O)[O-].CCCCC(CCCC)(CCCC)CC[PH2+]N. The van der Waals surface area contributed by atoms with Crippen molar-refractivity contribution in [1.82, 2.24) is 0 Å². The average molecular weight is 319 g/mol. The molecular weight excluding hydrogens is 281 g/mol.